The van der Waals surface area contributed by atoms with E-state index < -0.39 is 0 Å². The normalized spacial score (nSPS) is 23.2. The topological polar surface area (TPSA) is 62.3 Å². The number of hydrogen-bond donors (Lipinski definition) is 1. The molecule has 16 heavy (non-hydrogen) atoms. The standard InChI is InChI=1S/C11H19N3O2/c1-2-5-14-9(3-4-13-14)11(12)10-8-15-6-7-16-10/h3-4,10-11H,2,5-8,12H2,1H3. The Hall–Kier alpha value is -0.910. The van der Waals surface area contributed by atoms with Crippen LogP contribution in [0.5, 0.6) is 0 Å². The minimum Gasteiger partial charge on any atom is -0.376 e. The van der Waals surface area contributed by atoms with E-state index in [2.05, 4.69) is 12.0 Å². The Morgan fingerprint density at radius 3 is 3.19 bits per heavy atom. The first-order valence-electron chi connectivity index (χ1n) is 5.79. The third-order valence-electron chi connectivity index (χ3n) is 2.77. The van der Waals surface area contributed by atoms with Crippen LogP contribution < -0.4 is 5.73 Å². The van der Waals surface area contributed by atoms with Gasteiger partial charge in [0.05, 0.1) is 31.6 Å². The molecular weight excluding hydrogens is 206 g/mol. The highest BCUT2D eigenvalue weighted by molar-refractivity contribution is 5.08. The summed E-state index contributed by atoms with van der Waals surface area (Å²) >= 11 is 0. The van der Waals surface area contributed by atoms with Crippen molar-refractivity contribution in [2.24, 2.45) is 5.73 Å². The molecule has 1 fully saturated rings. The van der Waals surface area contributed by atoms with E-state index in [-0.39, 0.29) is 12.1 Å². The first-order valence-corrected chi connectivity index (χ1v) is 5.79. The van der Waals surface area contributed by atoms with Crippen molar-refractivity contribution in [3.63, 3.8) is 0 Å². The summed E-state index contributed by atoms with van der Waals surface area (Å²) in [6.45, 7) is 4.87. The molecule has 2 heterocycles. The maximum atomic E-state index is 6.18. The van der Waals surface area contributed by atoms with E-state index in [0.29, 0.717) is 19.8 Å². The van der Waals surface area contributed by atoms with Gasteiger partial charge in [0.15, 0.2) is 0 Å². The van der Waals surface area contributed by atoms with E-state index in [1.807, 2.05) is 10.7 Å². The van der Waals surface area contributed by atoms with Crippen molar-refractivity contribution in [2.45, 2.75) is 32.0 Å². The van der Waals surface area contributed by atoms with Crippen molar-refractivity contribution < 1.29 is 9.47 Å². The first kappa shape index (κ1) is 11.6. The van der Waals surface area contributed by atoms with Crippen molar-refractivity contribution in [1.29, 1.82) is 0 Å². The molecule has 2 rings (SSSR count). The summed E-state index contributed by atoms with van der Waals surface area (Å²) in [5, 5.41) is 4.26. The zero-order valence-corrected chi connectivity index (χ0v) is 9.63. The minimum atomic E-state index is -0.158. The molecule has 1 aromatic heterocycles. The number of ether oxygens (including phenoxy) is 2. The second-order valence-electron chi connectivity index (χ2n) is 3.99. The Kier molecular flexibility index (Phi) is 3.93. The zero-order chi connectivity index (χ0) is 11.4. The molecule has 1 aliphatic rings. The maximum absolute atomic E-state index is 6.18. The Labute approximate surface area is 95.5 Å². The van der Waals surface area contributed by atoms with Crippen LogP contribution in [0.25, 0.3) is 0 Å². The molecule has 5 heteroatoms. The van der Waals surface area contributed by atoms with Crippen LogP contribution in [0.2, 0.25) is 0 Å². The van der Waals surface area contributed by atoms with E-state index in [1.165, 1.54) is 0 Å². The molecule has 0 radical (unpaired) electrons. The third-order valence-corrected chi connectivity index (χ3v) is 2.77. The largest absolute Gasteiger partial charge is 0.376 e. The van der Waals surface area contributed by atoms with Crippen LogP contribution in [0.15, 0.2) is 12.3 Å². The summed E-state index contributed by atoms with van der Waals surface area (Å²) in [5.41, 5.74) is 7.20. The lowest BCUT2D eigenvalue weighted by Crippen LogP contribution is -2.38. The van der Waals surface area contributed by atoms with Crippen LogP contribution in [0.4, 0.5) is 0 Å². The predicted octanol–water partition coefficient (Wildman–Crippen LogP) is 0.708. The molecule has 2 unspecified atom stereocenters. The lowest BCUT2D eigenvalue weighted by Gasteiger charge is -2.28. The van der Waals surface area contributed by atoms with E-state index in [4.69, 9.17) is 15.2 Å². The summed E-state index contributed by atoms with van der Waals surface area (Å²) < 4.78 is 12.9. The quantitative estimate of drug-likeness (QED) is 0.819. The highest BCUT2D eigenvalue weighted by Crippen LogP contribution is 2.19. The molecule has 2 atom stereocenters. The summed E-state index contributed by atoms with van der Waals surface area (Å²) in [4.78, 5) is 0. The fourth-order valence-corrected chi connectivity index (χ4v) is 1.93. The molecule has 2 N–H and O–H groups in total. The Morgan fingerprint density at radius 1 is 1.62 bits per heavy atom. The van der Waals surface area contributed by atoms with Crippen LogP contribution in [-0.2, 0) is 16.0 Å². The van der Waals surface area contributed by atoms with Crippen molar-refractivity contribution in [3.05, 3.63) is 18.0 Å². The van der Waals surface area contributed by atoms with Gasteiger partial charge in [-0.05, 0) is 12.5 Å². The van der Waals surface area contributed by atoms with Crippen LogP contribution in [-0.4, -0.2) is 35.7 Å². The first-order chi connectivity index (χ1) is 7.83. The Morgan fingerprint density at radius 2 is 2.50 bits per heavy atom. The van der Waals surface area contributed by atoms with Crippen molar-refractivity contribution in [1.82, 2.24) is 9.78 Å². The van der Waals surface area contributed by atoms with E-state index in [9.17, 15) is 0 Å². The molecule has 0 aliphatic carbocycles. The predicted molar refractivity (Wildman–Crippen MR) is 60.0 cm³/mol. The lowest BCUT2D eigenvalue weighted by molar-refractivity contribution is -0.0984. The molecule has 0 saturated carbocycles. The van der Waals surface area contributed by atoms with Crippen LogP contribution in [0, 0.1) is 0 Å². The van der Waals surface area contributed by atoms with Gasteiger partial charge in [-0.1, -0.05) is 6.92 Å². The van der Waals surface area contributed by atoms with Gasteiger partial charge in [0, 0.05) is 12.7 Å². The van der Waals surface area contributed by atoms with Gasteiger partial charge in [0.1, 0.15) is 6.10 Å². The van der Waals surface area contributed by atoms with Gasteiger partial charge >= 0.3 is 0 Å². The number of nitrogens with zero attached hydrogens (tertiary/aromatic N) is 2. The van der Waals surface area contributed by atoms with E-state index >= 15 is 0 Å². The summed E-state index contributed by atoms with van der Waals surface area (Å²) in [6.07, 6.45) is 2.78. The molecular formula is C11H19N3O2. The summed E-state index contributed by atoms with van der Waals surface area (Å²) in [7, 11) is 0. The summed E-state index contributed by atoms with van der Waals surface area (Å²) in [5.74, 6) is 0. The van der Waals surface area contributed by atoms with Gasteiger partial charge in [-0.15, -0.1) is 0 Å². The smallest absolute Gasteiger partial charge is 0.102 e. The Balaban J connectivity index is 2.06. The number of hydrogen-bond acceptors (Lipinski definition) is 4. The number of aromatic nitrogens is 2. The molecule has 1 aromatic rings. The highest BCUT2D eigenvalue weighted by atomic mass is 16.6. The van der Waals surface area contributed by atoms with Crippen molar-refractivity contribution >= 4 is 0 Å². The van der Waals surface area contributed by atoms with Crippen LogP contribution in [0.1, 0.15) is 25.1 Å². The number of nitrogens with two attached hydrogens (primary N) is 1. The minimum absolute atomic E-state index is 0.0546. The van der Waals surface area contributed by atoms with E-state index in [0.717, 1.165) is 18.7 Å². The molecule has 1 aliphatic heterocycles. The number of rotatable bonds is 4. The van der Waals surface area contributed by atoms with Crippen LogP contribution >= 0.6 is 0 Å². The van der Waals surface area contributed by atoms with Gasteiger partial charge in [0.25, 0.3) is 0 Å². The fraction of sp³-hybridized carbons (Fsp3) is 0.727. The van der Waals surface area contributed by atoms with Crippen molar-refractivity contribution in [3.8, 4) is 0 Å². The fourth-order valence-electron chi connectivity index (χ4n) is 1.93. The van der Waals surface area contributed by atoms with Crippen LogP contribution in [0.3, 0.4) is 0 Å². The molecule has 5 nitrogen and oxygen atoms in total. The third kappa shape index (κ3) is 2.42. The molecule has 1 saturated heterocycles. The molecule has 0 amide bonds. The molecule has 0 bridgehead atoms. The second kappa shape index (κ2) is 5.43. The molecule has 0 spiro atoms. The Bertz CT molecular complexity index is 321. The molecule has 90 valence electrons. The van der Waals surface area contributed by atoms with E-state index in [1.54, 1.807) is 6.20 Å². The highest BCUT2D eigenvalue weighted by Gasteiger charge is 2.25. The average molecular weight is 225 g/mol. The van der Waals surface area contributed by atoms with Gasteiger partial charge in [-0.3, -0.25) is 4.68 Å². The summed E-state index contributed by atoms with van der Waals surface area (Å²) in [6, 6.07) is 1.80. The van der Waals surface area contributed by atoms with Gasteiger partial charge in [0.2, 0.25) is 0 Å². The second-order valence-corrected chi connectivity index (χ2v) is 3.99. The monoisotopic (exact) mass is 225 g/mol. The maximum Gasteiger partial charge on any atom is 0.102 e. The zero-order valence-electron chi connectivity index (χ0n) is 9.63. The van der Waals surface area contributed by atoms with Gasteiger partial charge in [-0.2, -0.15) is 5.10 Å². The average Bonchev–Trinajstić information content (AvgIpc) is 2.78. The lowest BCUT2D eigenvalue weighted by atomic mass is 10.1. The van der Waals surface area contributed by atoms with Gasteiger partial charge < -0.3 is 15.2 Å². The SMILES string of the molecule is CCCn1nccc1C(N)C1COCCO1. The molecule has 0 aromatic carbocycles. The van der Waals surface area contributed by atoms with Gasteiger partial charge in [-0.25, -0.2) is 0 Å². The van der Waals surface area contributed by atoms with Crippen molar-refractivity contribution in [2.75, 3.05) is 19.8 Å². The number of aryl methyl sites for hydroxylation is 1.